The SMILES string of the molecule is C[C@H]1[C@@H]2CCN(C)[C@@H]1Cc1ccc(O)cc12. The molecular formula is C14H19NO. The number of likely N-dealkylation sites (N-methyl/N-ethyl adjacent to an activating group) is 1. The summed E-state index contributed by atoms with van der Waals surface area (Å²) < 4.78 is 0. The number of fused-ring (bicyclic) bond motifs is 4. The van der Waals surface area contributed by atoms with Crippen molar-refractivity contribution in [2.75, 3.05) is 13.6 Å². The van der Waals surface area contributed by atoms with E-state index in [4.69, 9.17) is 0 Å². The van der Waals surface area contributed by atoms with E-state index in [1.165, 1.54) is 24.1 Å². The fourth-order valence-corrected chi connectivity index (χ4v) is 3.56. The minimum atomic E-state index is 0.420. The van der Waals surface area contributed by atoms with Crippen LogP contribution in [0.3, 0.4) is 0 Å². The summed E-state index contributed by atoms with van der Waals surface area (Å²) in [5, 5.41) is 9.61. The predicted octanol–water partition coefficient (Wildman–Crippen LogP) is 2.37. The molecule has 1 N–H and O–H groups in total. The largest absolute Gasteiger partial charge is 0.508 e. The summed E-state index contributed by atoms with van der Waals surface area (Å²) in [6, 6.07) is 6.61. The maximum atomic E-state index is 9.61. The molecule has 0 amide bonds. The van der Waals surface area contributed by atoms with Crippen molar-refractivity contribution in [2.24, 2.45) is 5.92 Å². The van der Waals surface area contributed by atoms with Gasteiger partial charge in [0.05, 0.1) is 0 Å². The number of phenolic OH excluding ortho intramolecular Hbond substituents is 1. The van der Waals surface area contributed by atoms with Crippen molar-refractivity contribution in [1.82, 2.24) is 4.90 Å². The monoisotopic (exact) mass is 217 g/mol. The first-order chi connectivity index (χ1) is 7.66. The molecule has 0 unspecified atom stereocenters. The molecule has 86 valence electrons. The van der Waals surface area contributed by atoms with Crippen molar-refractivity contribution in [3.63, 3.8) is 0 Å². The van der Waals surface area contributed by atoms with Gasteiger partial charge in [-0.15, -0.1) is 0 Å². The molecule has 1 aromatic carbocycles. The highest BCUT2D eigenvalue weighted by molar-refractivity contribution is 5.41. The number of piperidine rings is 1. The number of hydrogen-bond donors (Lipinski definition) is 1. The van der Waals surface area contributed by atoms with Crippen LogP contribution in [0.2, 0.25) is 0 Å². The molecule has 2 aliphatic rings. The maximum Gasteiger partial charge on any atom is 0.115 e. The lowest BCUT2D eigenvalue weighted by Gasteiger charge is -2.47. The van der Waals surface area contributed by atoms with Crippen LogP contribution in [0.25, 0.3) is 0 Å². The molecule has 0 aromatic heterocycles. The number of aromatic hydroxyl groups is 1. The van der Waals surface area contributed by atoms with Gasteiger partial charge in [-0.05, 0) is 61.5 Å². The van der Waals surface area contributed by atoms with Gasteiger partial charge in [-0.1, -0.05) is 13.0 Å². The number of phenols is 1. The third kappa shape index (κ3) is 1.36. The third-order valence-electron chi connectivity index (χ3n) is 4.56. The third-order valence-corrected chi connectivity index (χ3v) is 4.56. The second-order valence-corrected chi connectivity index (χ2v) is 5.39. The highest BCUT2D eigenvalue weighted by Crippen LogP contribution is 2.44. The molecule has 1 saturated heterocycles. The van der Waals surface area contributed by atoms with Gasteiger partial charge in [-0.25, -0.2) is 0 Å². The van der Waals surface area contributed by atoms with Crippen molar-refractivity contribution in [2.45, 2.75) is 31.7 Å². The highest BCUT2D eigenvalue weighted by Gasteiger charge is 2.39. The van der Waals surface area contributed by atoms with E-state index in [1.807, 2.05) is 12.1 Å². The average molecular weight is 217 g/mol. The van der Waals surface area contributed by atoms with Gasteiger partial charge < -0.3 is 10.0 Å². The van der Waals surface area contributed by atoms with Gasteiger partial charge in [-0.3, -0.25) is 0 Å². The van der Waals surface area contributed by atoms with Gasteiger partial charge in [0.1, 0.15) is 5.75 Å². The number of benzene rings is 1. The van der Waals surface area contributed by atoms with Crippen LogP contribution in [0.5, 0.6) is 5.75 Å². The van der Waals surface area contributed by atoms with E-state index in [2.05, 4.69) is 24.9 Å². The molecule has 3 atom stereocenters. The Morgan fingerprint density at radius 2 is 2.19 bits per heavy atom. The van der Waals surface area contributed by atoms with E-state index in [0.29, 0.717) is 23.6 Å². The summed E-state index contributed by atoms with van der Waals surface area (Å²) in [6.07, 6.45) is 2.37. The molecule has 2 bridgehead atoms. The zero-order valence-corrected chi connectivity index (χ0v) is 9.98. The van der Waals surface area contributed by atoms with Gasteiger partial charge in [0.25, 0.3) is 0 Å². The zero-order chi connectivity index (χ0) is 11.3. The lowest BCUT2D eigenvalue weighted by Crippen LogP contribution is -2.49. The summed E-state index contributed by atoms with van der Waals surface area (Å²) in [5.74, 6) is 1.79. The Balaban J connectivity index is 2.07. The molecule has 1 aromatic rings. The molecule has 16 heavy (non-hydrogen) atoms. The normalized spacial score (nSPS) is 33.5. The summed E-state index contributed by atoms with van der Waals surface area (Å²) >= 11 is 0. The molecule has 0 spiro atoms. The molecule has 0 saturated carbocycles. The Bertz CT molecular complexity index is 415. The average Bonchev–Trinajstić information content (AvgIpc) is 2.25. The van der Waals surface area contributed by atoms with E-state index in [9.17, 15) is 5.11 Å². The molecule has 1 aliphatic carbocycles. The van der Waals surface area contributed by atoms with Crippen LogP contribution in [-0.2, 0) is 6.42 Å². The topological polar surface area (TPSA) is 23.5 Å². The number of nitrogens with zero attached hydrogens (tertiary/aromatic N) is 1. The Labute approximate surface area is 96.9 Å². The second kappa shape index (κ2) is 3.49. The van der Waals surface area contributed by atoms with Crippen LogP contribution in [0.4, 0.5) is 0 Å². The predicted molar refractivity (Wildman–Crippen MR) is 64.8 cm³/mol. The standard InChI is InChI=1S/C14H19NO/c1-9-12-5-6-15(2)14(9)7-10-3-4-11(16)8-13(10)12/h3-4,8-9,12,14,16H,5-7H2,1-2H3/t9-,12-,14+/m0/s1. The Hall–Kier alpha value is -1.02. The molecule has 1 fully saturated rings. The molecular weight excluding hydrogens is 198 g/mol. The van der Waals surface area contributed by atoms with Crippen molar-refractivity contribution < 1.29 is 5.11 Å². The Kier molecular flexibility index (Phi) is 2.21. The minimum absolute atomic E-state index is 0.420. The summed E-state index contributed by atoms with van der Waals surface area (Å²) in [4.78, 5) is 2.50. The van der Waals surface area contributed by atoms with Crippen LogP contribution >= 0.6 is 0 Å². The van der Waals surface area contributed by atoms with E-state index in [0.717, 1.165) is 6.42 Å². The van der Waals surface area contributed by atoms with Crippen molar-refractivity contribution in [3.8, 4) is 5.75 Å². The van der Waals surface area contributed by atoms with E-state index >= 15 is 0 Å². The Morgan fingerprint density at radius 1 is 1.38 bits per heavy atom. The summed E-state index contributed by atoms with van der Waals surface area (Å²) in [5.41, 5.74) is 2.84. The van der Waals surface area contributed by atoms with Crippen LogP contribution in [-0.4, -0.2) is 29.6 Å². The van der Waals surface area contributed by atoms with Crippen LogP contribution in [0.1, 0.15) is 30.4 Å². The smallest absolute Gasteiger partial charge is 0.115 e. The lowest BCUT2D eigenvalue weighted by atomic mass is 9.69. The number of hydrogen-bond acceptors (Lipinski definition) is 2. The quantitative estimate of drug-likeness (QED) is 0.721. The van der Waals surface area contributed by atoms with E-state index in [1.54, 1.807) is 0 Å². The van der Waals surface area contributed by atoms with E-state index < -0.39 is 0 Å². The maximum absolute atomic E-state index is 9.61. The lowest BCUT2D eigenvalue weighted by molar-refractivity contribution is 0.0991. The van der Waals surface area contributed by atoms with Crippen molar-refractivity contribution in [3.05, 3.63) is 29.3 Å². The van der Waals surface area contributed by atoms with Crippen molar-refractivity contribution >= 4 is 0 Å². The highest BCUT2D eigenvalue weighted by atomic mass is 16.3. The number of rotatable bonds is 0. The number of likely N-dealkylation sites (tertiary alicyclic amines) is 1. The fraction of sp³-hybridized carbons (Fsp3) is 0.571. The molecule has 3 rings (SSSR count). The van der Waals surface area contributed by atoms with Crippen LogP contribution in [0.15, 0.2) is 18.2 Å². The van der Waals surface area contributed by atoms with Gasteiger partial charge >= 0.3 is 0 Å². The first-order valence-corrected chi connectivity index (χ1v) is 6.19. The van der Waals surface area contributed by atoms with Crippen LogP contribution < -0.4 is 0 Å². The van der Waals surface area contributed by atoms with Gasteiger partial charge in [0.15, 0.2) is 0 Å². The molecule has 2 heteroatoms. The minimum Gasteiger partial charge on any atom is -0.508 e. The van der Waals surface area contributed by atoms with Gasteiger partial charge in [0, 0.05) is 6.04 Å². The fourth-order valence-electron chi connectivity index (χ4n) is 3.56. The van der Waals surface area contributed by atoms with Gasteiger partial charge in [0.2, 0.25) is 0 Å². The van der Waals surface area contributed by atoms with Crippen molar-refractivity contribution in [1.29, 1.82) is 0 Å². The van der Waals surface area contributed by atoms with E-state index in [-0.39, 0.29) is 0 Å². The Morgan fingerprint density at radius 3 is 3.00 bits per heavy atom. The second-order valence-electron chi connectivity index (χ2n) is 5.39. The first kappa shape index (κ1) is 10.2. The molecule has 1 heterocycles. The summed E-state index contributed by atoms with van der Waals surface area (Å²) in [7, 11) is 2.24. The first-order valence-electron chi connectivity index (χ1n) is 6.19. The van der Waals surface area contributed by atoms with Gasteiger partial charge in [-0.2, -0.15) is 0 Å². The zero-order valence-electron chi connectivity index (χ0n) is 9.98. The van der Waals surface area contributed by atoms with Crippen LogP contribution in [0, 0.1) is 5.92 Å². The summed E-state index contributed by atoms with van der Waals surface area (Å²) in [6.45, 7) is 3.55. The molecule has 1 aliphatic heterocycles. The molecule has 2 nitrogen and oxygen atoms in total. The molecule has 0 radical (unpaired) electrons.